The van der Waals surface area contributed by atoms with Gasteiger partial charge < -0.3 is 10.5 Å². The van der Waals surface area contributed by atoms with Crippen LogP contribution in [0.25, 0.3) is 11.2 Å². The molecule has 1 aliphatic rings. The summed E-state index contributed by atoms with van der Waals surface area (Å²) in [4.78, 5) is 13.0. The van der Waals surface area contributed by atoms with Crippen molar-refractivity contribution in [2.45, 2.75) is 46.4 Å². The topological polar surface area (TPSA) is 78.9 Å². The summed E-state index contributed by atoms with van der Waals surface area (Å²) in [5.74, 6) is 2.01. The standard InChI is InChI=1S/C14H21N5O/c1-5-10-7(2)8(3)14(20-10)19-6-16-11-12(15)17-9(4)18-13(11)19/h6-8,10,14H,5H2,1-4H3,(H2,15,17,18)/t7-,8+,10+,14+/m0/s1. The highest BCUT2D eigenvalue weighted by atomic mass is 16.5. The molecule has 0 spiro atoms. The fourth-order valence-corrected chi connectivity index (χ4v) is 3.05. The van der Waals surface area contributed by atoms with Crippen LogP contribution in [0.2, 0.25) is 0 Å². The molecular formula is C14H21N5O. The van der Waals surface area contributed by atoms with Crippen LogP contribution < -0.4 is 5.73 Å². The van der Waals surface area contributed by atoms with Crippen molar-refractivity contribution in [1.29, 1.82) is 0 Å². The maximum atomic E-state index is 6.19. The molecule has 2 aromatic rings. The molecule has 1 fully saturated rings. The Morgan fingerprint density at radius 2 is 2.05 bits per heavy atom. The number of hydrogen-bond donors (Lipinski definition) is 1. The second-order valence-electron chi connectivity index (χ2n) is 5.67. The van der Waals surface area contributed by atoms with E-state index in [2.05, 4.69) is 35.7 Å². The molecule has 0 aliphatic carbocycles. The highest BCUT2D eigenvalue weighted by Gasteiger charge is 2.39. The van der Waals surface area contributed by atoms with E-state index in [1.807, 2.05) is 11.5 Å². The molecule has 1 saturated heterocycles. The molecule has 0 amide bonds. The van der Waals surface area contributed by atoms with Crippen molar-refractivity contribution < 1.29 is 4.74 Å². The molecule has 2 N–H and O–H groups in total. The second kappa shape index (κ2) is 4.70. The maximum absolute atomic E-state index is 6.19. The lowest BCUT2D eigenvalue weighted by molar-refractivity contribution is -0.0120. The van der Waals surface area contributed by atoms with Gasteiger partial charge in [0.2, 0.25) is 0 Å². The number of imidazole rings is 1. The van der Waals surface area contributed by atoms with Gasteiger partial charge in [-0.25, -0.2) is 15.0 Å². The minimum Gasteiger partial charge on any atom is -0.382 e. The van der Waals surface area contributed by atoms with Gasteiger partial charge in [-0.1, -0.05) is 20.8 Å². The van der Waals surface area contributed by atoms with E-state index in [-0.39, 0.29) is 12.3 Å². The lowest BCUT2D eigenvalue weighted by atomic mass is 9.91. The molecule has 20 heavy (non-hydrogen) atoms. The van der Waals surface area contributed by atoms with Gasteiger partial charge in [0.15, 0.2) is 11.5 Å². The first-order valence-corrected chi connectivity index (χ1v) is 7.15. The molecule has 0 unspecified atom stereocenters. The molecule has 1 aliphatic heterocycles. The van der Waals surface area contributed by atoms with Crippen LogP contribution in [0, 0.1) is 18.8 Å². The van der Waals surface area contributed by atoms with E-state index < -0.39 is 0 Å². The van der Waals surface area contributed by atoms with Crippen molar-refractivity contribution in [2.75, 3.05) is 5.73 Å². The zero-order valence-electron chi connectivity index (χ0n) is 12.4. The maximum Gasteiger partial charge on any atom is 0.167 e. The summed E-state index contributed by atoms with van der Waals surface area (Å²) in [6.45, 7) is 8.46. The Morgan fingerprint density at radius 3 is 2.70 bits per heavy atom. The first kappa shape index (κ1) is 13.3. The molecule has 108 valence electrons. The molecule has 3 heterocycles. The van der Waals surface area contributed by atoms with Crippen molar-refractivity contribution in [1.82, 2.24) is 19.5 Å². The number of anilines is 1. The van der Waals surface area contributed by atoms with Crippen LogP contribution in [-0.4, -0.2) is 25.6 Å². The smallest absolute Gasteiger partial charge is 0.167 e. The van der Waals surface area contributed by atoms with Crippen LogP contribution in [0.5, 0.6) is 0 Å². The van der Waals surface area contributed by atoms with Gasteiger partial charge in [0.1, 0.15) is 17.6 Å². The Balaban J connectivity index is 2.07. The van der Waals surface area contributed by atoms with Crippen LogP contribution in [0.3, 0.4) is 0 Å². The molecule has 0 aromatic carbocycles. The summed E-state index contributed by atoms with van der Waals surface area (Å²) in [7, 11) is 0. The molecule has 0 radical (unpaired) electrons. The Morgan fingerprint density at radius 1 is 1.30 bits per heavy atom. The number of hydrogen-bond acceptors (Lipinski definition) is 5. The predicted octanol–water partition coefficient (Wildman–Crippen LogP) is 2.30. The van der Waals surface area contributed by atoms with Gasteiger partial charge in [0.05, 0.1) is 12.4 Å². The summed E-state index contributed by atoms with van der Waals surface area (Å²) in [5.41, 5.74) is 7.33. The van der Waals surface area contributed by atoms with E-state index in [1.54, 1.807) is 6.33 Å². The van der Waals surface area contributed by atoms with E-state index in [9.17, 15) is 0 Å². The van der Waals surface area contributed by atoms with Crippen LogP contribution in [0.4, 0.5) is 5.82 Å². The third-order valence-corrected chi connectivity index (χ3v) is 4.42. The van der Waals surface area contributed by atoms with Crippen LogP contribution in [0.1, 0.15) is 39.2 Å². The van der Waals surface area contributed by atoms with Gasteiger partial charge in [0.25, 0.3) is 0 Å². The van der Waals surface area contributed by atoms with Gasteiger partial charge in [0, 0.05) is 5.92 Å². The van der Waals surface area contributed by atoms with E-state index >= 15 is 0 Å². The largest absolute Gasteiger partial charge is 0.382 e. The minimum atomic E-state index is -0.0337. The Labute approximate surface area is 118 Å². The summed E-state index contributed by atoms with van der Waals surface area (Å²) >= 11 is 0. The summed E-state index contributed by atoms with van der Waals surface area (Å²) < 4.78 is 8.19. The second-order valence-corrected chi connectivity index (χ2v) is 5.67. The highest BCUT2D eigenvalue weighted by Crippen LogP contribution is 2.41. The van der Waals surface area contributed by atoms with Crippen molar-refractivity contribution in [3.05, 3.63) is 12.2 Å². The zero-order valence-corrected chi connectivity index (χ0v) is 12.4. The molecule has 6 nitrogen and oxygen atoms in total. The number of nitrogens with two attached hydrogens (primary N) is 1. The molecule has 4 atom stereocenters. The van der Waals surface area contributed by atoms with Gasteiger partial charge in [-0.15, -0.1) is 0 Å². The average molecular weight is 275 g/mol. The third-order valence-electron chi connectivity index (χ3n) is 4.42. The van der Waals surface area contributed by atoms with E-state index in [1.165, 1.54) is 0 Å². The summed E-state index contributed by atoms with van der Waals surface area (Å²) in [6, 6.07) is 0. The van der Waals surface area contributed by atoms with Crippen LogP contribution >= 0.6 is 0 Å². The number of fused-ring (bicyclic) bond motifs is 1. The highest BCUT2D eigenvalue weighted by molar-refractivity contribution is 5.81. The SMILES string of the molecule is CC[C@H]1O[C@@H](n2cnc3c(N)nc(C)nc32)[C@H](C)[C@@H]1C. The number of ether oxygens (including phenoxy) is 1. The number of rotatable bonds is 2. The van der Waals surface area contributed by atoms with Crippen molar-refractivity contribution >= 4 is 17.0 Å². The van der Waals surface area contributed by atoms with E-state index in [0.29, 0.717) is 29.0 Å². The lowest BCUT2D eigenvalue weighted by Gasteiger charge is -2.18. The van der Waals surface area contributed by atoms with Crippen molar-refractivity contribution in [2.24, 2.45) is 11.8 Å². The minimum absolute atomic E-state index is 0.0337. The Hall–Kier alpha value is -1.69. The predicted molar refractivity (Wildman–Crippen MR) is 77.0 cm³/mol. The first-order valence-electron chi connectivity index (χ1n) is 7.15. The molecule has 0 bridgehead atoms. The monoisotopic (exact) mass is 275 g/mol. The first-order chi connectivity index (χ1) is 9.52. The Kier molecular flexibility index (Phi) is 3.12. The van der Waals surface area contributed by atoms with Gasteiger partial charge in [-0.05, 0) is 19.3 Å². The average Bonchev–Trinajstić information content (AvgIpc) is 2.93. The van der Waals surface area contributed by atoms with Crippen LogP contribution in [-0.2, 0) is 4.74 Å². The number of aromatic nitrogens is 4. The fourth-order valence-electron chi connectivity index (χ4n) is 3.05. The van der Waals surface area contributed by atoms with Crippen molar-refractivity contribution in [3.63, 3.8) is 0 Å². The Bertz CT molecular complexity index is 638. The van der Waals surface area contributed by atoms with Crippen molar-refractivity contribution in [3.8, 4) is 0 Å². The van der Waals surface area contributed by atoms with Gasteiger partial charge in [-0.3, -0.25) is 4.57 Å². The van der Waals surface area contributed by atoms with Gasteiger partial charge in [-0.2, -0.15) is 0 Å². The molecule has 0 saturated carbocycles. The molecule has 6 heteroatoms. The number of aryl methyl sites for hydroxylation is 1. The van der Waals surface area contributed by atoms with E-state index in [0.717, 1.165) is 12.1 Å². The molecular weight excluding hydrogens is 254 g/mol. The number of nitrogen functional groups attached to an aromatic ring is 1. The summed E-state index contributed by atoms with van der Waals surface area (Å²) in [5, 5.41) is 0. The lowest BCUT2D eigenvalue weighted by Crippen LogP contribution is -2.16. The number of nitrogens with zero attached hydrogens (tertiary/aromatic N) is 4. The fraction of sp³-hybridized carbons (Fsp3) is 0.643. The normalized spacial score (nSPS) is 30.2. The quantitative estimate of drug-likeness (QED) is 0.909. The van der Waals surface area contributed by atoms with Crippen LogP contribution in [0.15, 0.2) is 6.33 Å². The third kappa shape index (κ3) is 1.86. The zero-order chi connectivity index (χ0) is 14.4. The van der Waals surface area contributed by atoms with E-state index in [4.69, 9.17) is 10.5 Å². The molecule has 3 rings (SSSR count). The van der Waals surface area contributed by atoms with Gasteiger partial charge >= 0.3 is 0 Å². The molecule has 2 aromatic heterocycles. The summed E-state index contributed by atoms with van der Waals surface area (Å²) in [6.07, 6.45) is 3.03.